The molecule has 0 saturated heterocycles. The van der Waals surface area contributed by atoms with Crippen LogP contribution in [0.1, 0.15) is 28.7 Å². The molecule has 0 fully saturated rings. The molecule has 0 atom stereocenters. The molecule has 6 nitrogen and oxygen atoms in total. The lowest BCUT2D eigenvalue weighted by Crippen LogP contribution is -2.05. The van der Waals surface area contributed by atoms with E-state index in [2.05, 4.69) is 16.4 Å². The number of allylic oxidation sites excluding steroid dienone is 1. The second-order valence-electron chi connectivity index (χ2n) is 6.29. The number of rotatable bonds is 8. The van der Waals surface area contributed by atoms with Gasteiger partial charge < -0.3 is 14.8 Å². The number of hydrogen-bond donors (Lipinski definition) is 1. The fourth-order valence-corrected chi connectivity index (χ4v) is 3.36. The normalized spacial score (nSPS) is 10.9. The molecule has 0 spiro atoms. The van der Waals surface area contributed by atoms with Gasteiger partial charge in [0, 0.05) is 22.8 Å². The topological polar surface area (TPSA) is 84.2 Å². The van der Waals surface area contributed by atoms with Crippen molar-refractivity contribution in [1.29, 1.82) is 5.26 Å². The number of nitriles is 1. The molecule has 2 aromatic carbocycles. The van der Waals surface area contributed by atoms with Crippen LogP contribution in [0.25, 0.3) is 16.8 Å². The van der Waals surface area contributed by atoms with Gasteiger partial charge in [0.2, 0.25) is 0 Å². The van der Waals surface area contributed by atoms with E-state index in [0.717, 1.165) is 29.1 Å². The lowest BCUT2D eigenvalue weighted by atomic mass is 10.2. The lowest BCUT2D eigenvalue weighted by molar-refractivity contribution is 0.0505. The first-order chi connectivity index (χ1) is 14.6. The number of carbonyl (C=O) groups excluding carboxylic acids is 1. The first kappa shape index (κ1) is 21.1. The number of ether oxygens (including phenoxy) is 2. The standard InChI is InChI=1S/C23H21N3O3S/c1-3-12-29-23(27)17-4-8-19(9-5-17)25-14-18(13-24)22-26-21(15-30-22)16-6-10-20(28-2)11-7-16/h4-11,14-15,25H,3,12H2,1-2H3/b18-14+. The summed E-state index contributed by atoms with van der Waals surface area (Å²) in [6, 6.07) is 16.7. The minimum Gasteiger partial charge on any atom is -0.497 e. The molecule has 0 aliphatic heterocycles. The van der Waals surface area contributed by atoms with Gasteiger partial charge in [-0.1, -0.05) is 6.92 Å². The van der Waals surface area contributed by atoms with Gasteiger partial charge in [-0.05, 0) is 55.0 Å². The van der Waals surface area contributed by atoms with Crippen LogP contribution < -0.4 is 10.1 Å². The van der Waals surface area contributed by atoms with Gasteiger partial charge in [-0.3, -0.25) is 0 Å². The Labute approximate surface area is 179 Å². The average Bonchev–Trinajstić information content (AvgIpc) is 3.28. The summed E-state index contributed by atoms with van der Waals surface area (Å²) in [7, 11) is 1.62. The van der Waals surface area contributed by atoms with Crippen molar-refractivity contribution < 1.29 is 14.3 Å². The van der Waals surface area contributed by atoms with E-state index in [9.17, 15) is 10.1 Å². The van der Waals surface area contributed by atoms with Gasteiger partial charge in [0.25, 0.3) is 0 Å². The third-order valence-corrected chi connectivity index (χ3v) is 5.06. The third kappa shape index (κ3) is 5.25. The molecule has 1 aromatic heterocycles. The molecule has 0 aliphatic carbocycles. The summed E-state index contributed by atoms with van der Waals surface area (Å²) in [6.45, 7) is 2.35. The molecule has 3 rings (SSSR count). The molecule has 30 heavy (non-hydrogen) atoms. The summed E-state index contributed by atoms with van der Waals surface area (Å²) in [5, 5.41) is 15.2. The first-order valence-corrected chi connectivity index (χ1v) is 10.3. The molecule has 0 radical (unpaired) electrons. The van der Waals surface area contributed by atoms with Crippen LogP contribution in [-0.2, 0) is 4.74 Å². The maximum atomic E-state index is 11.9. The minimum atomic E-state index is -0.342. The quantitative estimate of drug-likeness (QED) is 0.391. The van der Waals surface area contributed by atoms with Crippen LogP contribution in [0.4, 0.5) is 5.69 Å². The second kappa shape index (κ2) is 10.2. The number of esters is 1. The van der Waals surface area contributed by atoms with E-state index >= 15 is 0 Å². The Balaban J connectivity index is 1.69. The predicted molar refractivity (Wildman–Crippen MR) is 118 cm³/mol. The number of methoxy groups -OCH3 is 1. The van der Waals surface area contributed by atoms with Crippen molar-refractivity contribution in [3.8, 4) is 23.1 Å². The fraction of sp³-hybridized carbons (Fsp3) is 0.174. The zero-order valence-electron chi connectivity index (χ0n) is 16.7. The zero-order chi connectivity index (χ0) is 21.3. The van der Waals surface area contributed by atoms with Crippen LogP contribution in [0.5, 0.6) is 5.75 Å². The van der Waals surface area contributed by atoms with Crippen molar-refractivity contribution in [3.05, 3.63) is 70.7 Å². The van der Waals surface area contributed by atoms with Crippen molar-refractivity contribution in [2.75, 3.05) is 19.0 Å². The summed E-state index contributed by atoms with van der Waals surface area (Å²) in [5.74, 6) is 0.436. The van der Waals surface area contributed by atoms with Gasteiger partial charge in [0.15, 0.2) is 0 Å². The van der Waals surface area contributed by atoms with Gasteiger partial charge in [0.1, 0.15) is 22.4 Å². The van der Waals surface area contributed by atoms with Crippen LogP contribution in [0.15, 0.2) is 60.1 Å². The molecule has 0 aliphatic rings. The highest BCUT2D eigenvalue weighted by Gasteiger charge is 2.10. The minimum absolute atomic E-state index is 0.342. The number of aromatic nitrogens is 1. The molecule has 7 heteroatoms. The van der Waals surface area contributed by atoms with Gasteiger partial charge in [-0.15, -0.1) is 11.3 Å². The van der Waals surface area contributed by atoms with Crippen molar-refractivity contribution in [2.45, 2.75) is 13.3 Å². The molecule has 3 aromatic rings. The maximum Gasteiger partial charge on any atom is 0.338 e. The van der Waals surface area contributed by atoms with Gasteiger partial charge in [-0.2, -0.15) is 5.26 Å². The molecule has 0 amide bonds. The van der Waals surface area contributed by atoms with Crippen LogP contribution in [0, 0.1) is 11.3 Å². The Morgan fingerprint density at radius 2 is 1.93 bits per heavy atom. The average molecular weight is 420 g/mol. The fourth-order valence-electron chi connectivity index (χ4n) is 2.57. The highest BCUT2D eigenvalue weighted by molar-refractivity contribution is 7.11. The van der Waals surface area contributed by atoms with Crippen LogP contribution in [-0.4, -0.2) is 24.7 Å². The summed E-state index contributed by atoms with van der Waals surface area (Å²) < 4.78 is 10.3. The number of hydrogen-bond acceptors (Lipinski definition) is 7. The van der Waals surface area contributed by atoms with E-state index in [0.29, 0.717) is 22.8 Å². The first-order valence-electron chi connectivity index (χ1n) is 9.39. The number of nitrogens with zero attached hydrogens (tertiary/aromatic N) is 2. The third-order valence-electron chi connectivity index (χ3n) is 4.18. The molecular weight excluding hydrogens is 398 g/mol. The Hall–Kier alpha value is -3.63. The number of thiazole rings is 1. The van der Waals surface area contributed by atoms with E-state index in [-0.39, 0.29) is 5.97 Å². The van der Waals surface area contributed by atoms with Gasteiger partial charge in [-0.25, -0.2) is 9.78 Å². The lowest BCUT2D eigenvalue weighted by Gasteiger charge is -2.05. The largest absolute Gasteiger partial charge is 0.497 e. The molecule has 1 heterocycles. The monoisotopic (exact) mass is 419 g/mol. The van der Waals surface area contributed by atoms with Gasteiger partial charge >= 0.3 is 5.97 Å². The molecule has 1 N–H and O–H groups in total. The van der Waals surface area contributed by atoms with E-state index in [4.69, 9.17) is 9.47 Å². The predicted octanol–water partition coefficient (Wildman–Crippen LogP) is 5.36. The van der Waals surface area contributed by atoms with Gasteiger partial charge in [0.05, 0.1) is 25.0 Å². The van der Waals surface area contributed by atoms with Crippen molar-refractivity contribution >= 4 is 28.6 Å². The summed E-state index contributed by atoms with van der Waals surface area (Å²) in [5.41, 5.74) is 3.42. The van der Waals surface area contributed by atoms with E-state index in [1.165, 1.54) is 11.3 Å². The van der Waals surface area contributed by atoms with Crippen LogP contribution >= 0.6 is 11.3 Å². The Morgan fingerprint density at radius 1 is 1.20 bits per heavy atom. The summed E-state index contributed by atoms with van der Waals surface area (Å²) in [4.78, 5) is 16.4. The molecule has 0 bridgehead atoms. The highest BCUT2D eigenvalue weighted by atomic mass is 32.1. The second-order valence-corrected chi connectivity index (χ2v) is 7.15. The van der Waals surface area contributed by atoms with E-state index in [1.54, 1.807) is 37.6 Å². The van der Waals surface area contributed by atoms with Crippen molar-refractivity contribution in [1.82, 2.24) is 4.98 Å². The Kier molecular flexibility index (Phi) is 7.19. The van der Waals surface area contributed by atoms with E-state index < -0.39 is 0 Å². The number of benzene rings is 2. The molecular formula is C23H21N3O3S. The van der Waals surface area contributed by atoms with Crippen LogP contribution in [0.3, 0.4) is 0 Å². The highest BCUT2D eigenvalue weighted by Crippen LogP contribution is 2.27. The van der Waals surface area contributed by atoms with Crippen molar-refractivity contribution in [3.63, 3.8) is 0 Å². The maximum absolute atomic E-state index is 11.9. The Morgan fingerprint density at radius 3 is 2.57 bits per heavy atom. The molecule has 0 unspecified atom stereocenters. The van der Waals surface area contributed by atoms with E-state index in [1.807, 2.05) is 36.6 Å². The smallest absolute Gasteiger partial charge is 0.338 e. The van der Waals surface area contributed by atoms with Crippen LogP contribution in [0.2, 0.25) is 0 Å². The van der Waals surface area contributed by atoms with Crippen molar-refractivity contribution in [2.24, 2.45) is 0 Å². The SMILES string of the molecule is CCCOC(=O)c1ccc(N/C=C(\C#N)c2nc(-c3ccc(OC)cc3)cs2)cc1. The summed E-state index contributed by atoms with van der Waals surface area (Å²) in [6.07, 6.45) is 2.39. The number of nitrogens with one attached hydrogen (secondary N) is 1. The molecule has 152 valence electrons. The zero-order valence-corrected chi connectivity index (χ0v) is 17.5. The Bertz CT molecular complexity index is 1060. The summed E-state index contributed by atoms with van der Waals surface area (Å²) >= 11 is 1.40. The number of carbonyl (C=O) groups is 1. The number of anilines is 1. The molecule has 0 saturated carbocycles.